The zero-order valence-corrected chi connectivity index (χ0v) is 16.0. The molecule has 2 aromatic carbocycles. The van der Waals surface area contributed by atoms with Crippen molar-refractivity contribution in [2.24, 2.45) is 0 Å². The Morgan fingerprint density at radius 3 is 2.35 bits per heavy atom. The summed E-state index contributed by atoms with van der Waals surface area (Å²) in [6.45, 7) is 11.6. The molecule has 3 heteroatoms. The van der Waals surface area contributed by atoms with Crippen LogP contribution in [0.3, 0.4) is 0 Å². The summed E-state index contributed by atoms with van der Waals surface area (Å²) in [6.07, 6.45) is 0. The van der Waals surface area contributed by atoms with E-state index in [9.17, 15) is 5.11 Å². The van der Waals surface area contributed by atoms with Crippen molar-refractivity contribution in [1.82, 2.24) is 5.32 Å². The lowest BCUT2D eigenvalue weighted by molar-refractivity contribution is 0.474. The van der Waals surface area contributed by atoms with Crippen molar-refractivity contribution in [2.75, 3.05) is 7.05 Å². The normalized spacial score (nSPS) is 12.3. The Balaban J connectivity index is 2.46. The van der Waals surface area contributed by atoms with Gasteiger partial charge < -0.3 is 10.4 Å². The topological polar surface area (TPSA) is 32.3 Å². The van der Waals surface area contributed by atoms with Crippen molar-refractivity contribution in [1.29, 1.82) is 0 Å². The molecule has 2 nitrogen and oxygen atoms in total. The number of aromatic hydroxyl groups is 1. The molecule has 124 valence electrons. The van der Waals surface area contributed by atoms with Crippen molar-refractivity contribution in [3.05, 3.63) is 52.6 Å². The van der Waals surface area contributed by atoms with Gasteiger partial charge in [0.2, 0.25) is 0 Å². The van der Waals surface area contributed by atoms with Crippen LogP contribution in [-0.4, -0.2) is 12.2 Å². The minimum Gasteiger partial charge on any atom is -0.507 e. The third-order valence-electron chi connectivity index (χ3n) is 4.06. The molecule has 0 aliphatic rings. The summed E-state index contributed by atoms with van der Waals surface area (Å²) in [7, 11) is 2.43. The molecule has 0 aliphatic heterocycles. The Labute approximate surface area is 142 Å². The standard InChI is InChI=1S/C20H28NOP/c1-13-7-8-17(15(9-13)12-21-6)23-18-11-16(20(3,4)5)10-14(2)19(18)22/h7-11,21-23H,12H2,1-6H3. The fourth-order valence-corrected chi connectivity index (χ4v) is 3.96. The number of benzene rings is 2. The molecular weight excluding hydrogens is 301 g/mol. The number of phenolic OH excluding ortho intramolecular Hbond substituents is 1. The molecule has 0 amide bonds. The summed E-state index contributed by atoms with van der Waals surface area (Å²) in [5.41, 5.74) is 4.90. The van der Waals surface area contributed by atoms with Gasteiger partial charge in [0.25, 0.3) is 0 Å². The summed E-state index contributed by atoms with van der Waals surface area (Å²) < 4.78 is 0. The van der Waals surface area contributed by atoms with Gasteiger partial charge >= 0.3 is 0 Å². The zero-order valence-electron chi connectivity index (χ0n) is 15.0. The van der Waals surface area contributed by atoms with Crippen LogP contribution in [0.1, 0.15) is 43.0 Å². The quantitative estimate of drug-likeness (QED) is 0.839. The highest BCUT2D eigenvalue weighted by molar-refractivity contribution is 7.55. The summed E-state index contributed by atoms with van der Waals surface area (Å²) in [5, 5.41) is 16.1. The largest absolute Gasteiger partial charge is 0.507 e. The Morgan fingerprint density at radius 1 is 1.04 bits per heavy atom. The Bertz CT molecular complexity index is 702. The molecule has 2 rings (SSSR count). The van der Waals surface area contributed by atoms with Crippen LogP contribution < -0.4 is 15.9 Å². The first-order valence-electron chi connectivity index (χ1n) is 8.07. The number of phenols is 1. The second kappa shape index (κ2) is 7.03. The van der Waals surface area contributed by atoms with Crippen LogP contribution >= 0.6 is 8.58 Å². The lowest BCUT2D eigenvalue weighted by Crippen LogP contribution is -2.18. The molecule has 0 saturated carbocycles. The molecule has 1 atom stereocenters. The van der Waals surface area contributed by atoms with Gasteiger partial charge in [-0.25, -0.2) is 0 Å². The van der Waals surface area contributed by atoms with Gasteiger partial charge in [-0.1, -0.05) is 59.2 Å². The SMILES string of the molecule is CNCc1cc(C)ccc1Pc1cc(C(C)(C)C)cc(C)c1O. The van der Waals surface area contributed by atoms with Crippen LogP contribution in [0.2, 0.25) is 0 Å². The second-order valence-corrected chi connectivity index (χ2v) is 8.58. The van der Waals surface area contributed by atoms with Crippen molar-refractivity contribution >= 4 is 19.2 Å². The van der Waals surface area contributed by atoms with E-state index in [1.54, 1.807) is 0 Å². The molecule has 1 unspecified atom stereocenters. The average molecular weight is 329 g/mol. The van der Waals surface area contributed by atoms with Gasteiger partial charge in [-0.3, -0.25) is 0 Å². The van der Waals surface area contributed by atoms with Crippen molar-refractivity contribution in [3.8, 4) is 5.75 Å². The maximum Gasteiger partial charge on any atom is 0.126 e. The number of nitrogens with one attached hydrogen (secondary N) is 1. The summed E-state index contributed by atoms with van der Waals surface area (Å²) in [6, 6.07) is 10.9. The van der Waals surface area contributed by atoms with E-state index in [0.717, 1.165) is 17.4 Å². The van der Waals surface area contributed by atoms with Gasteiger partial charge in [-0.05, 0) is 54.4 Å². The zero-order chi connectivity index (χ0) is 17.2. The molecule has 0 bridgehead atoms. The average Bonchev–Trinajstić information content (AvgIpc) is 2.45. The van der Waals surface area contributed by atoms with Crippen LogP contribution in [0.15, 0.2) is 30.3 Å². The van der Waals surface area contributed by atoms with Crippen LogP contribution in [0, 0.1) is 13.8 Å². The molecule has 23 heavy (non-hydrogen) atoms. The van der Waals surface area contributed by atoms with Gasteiger partial charge in [-0.15, -0.1) is 0 Å². The monoisotopic (exact) mass is 329 g/mol. The van der Waals surface area contributed by atoms with Crippen molar-refractivity contribution in [3.63, 3.8) is 0 Å². The van der Waals surface area contributed by atoms with E-state index in [0.29, 0.717) is 14.3 Å². The fourth-order valence-electron chi connectivity index (χ4n) is 2.63. The molecule has 2 aromatic rings. The molecule has 0 radical (unpaired) electrons. The van der Waals surface area contributed by atoms with Crippen LogP contribution in [0.25, 0.3) is 0 Å². The van der Waals surface area contributed by atoms with Crippen LogP contribution in [-0.2, 0) is 12.0 Å². The van der Waals surface area contributed by atoms with E-state index in [4.69, 9.17) is 0 Å². The minimum atomic E-state index is 0.0821. The molecule has 0 saturated heterocycles. The van der Waals surface area contributed by atoms with Gasteiger partial charge in [0.1, 0.15) is 5.75 Å². The smallest absolute Gasteiger partial charge is 0.126 e. The first-order valence-corrected chi connectivity index (χ1v) is 9.07. The Morgan fingerprint density at radius 2 is 1.74 bits per heavy atom. The molecule has 0 aromatic heterocycles. The first-order chi connectivity index (χ1) is 10.7. The Hall–Kier alpha value is -1.37. The summed E-state index contributed by atoms with van der Waals surface area (Å²) in [5.74, 6) is 0.437. The molecule has 0 fully saturated rings. The van der Waals surface area contributed by atoms with Gasteiger partial charge in [0.15, 0.2) is 0 Å². The maximum absolute atomic E-state index is 10.5. The lowest BCUT2D eigenvalue weighted by atomic mass is 9.86. The predicted octanol–water partition coefficient (Wildman–Crippen LogP) is 3.66. The van der Waals surface area contributed by atoms with E-state index in [2.05, 4.69) is 63.3 Å². The van der Waals surface area contributed by atoms with Gasteiger partial charge in [-0.2, -0.15) is 0 Å². The van der Waals surface area contributed by atoms with E-state index in [-0.39, 0.29) is 5.41 Å². The number of hydrogen-bond donors (Lipinski definition) is 2. The predicted molar refractivity (Wildman–Crippen MR) is 103 cm³/mol. The minimum absolute atomic E-state index is 0.0821. The first kappa shape index (κ1) is 18.0. The second-order valence-electron chi connectivity index (χ2n) is 7.26. The summed E-state index contributed by atoms with van der Waals surface area (Å²) in [4.78, 5) is 0. The highest BCUT2D eigenvalue weighted by atomic mass is 31.1. The number of aryl methyl sites for hydroxylation is 2. The van der Waals surface area contributed by atoms with Crippen LogP contribution in [0.4, 0.5) is 0 Å². The third-order valence-corrected chi connectivity index (χ3v) is 5.47. The molecule has 0 aliphatic carbocycles. The van der Waals surface area contributed by atoms with Crippen molar-refractivity contribution < 1.29 is 5.11 Å². The highest BCUT2D eigenvalue weighted by Gasteiger charge is 2.18. The van der Waals surface area contributed by atoms with E-state index < -0.39 is 0 Å². The highest BCUT2D eigenvalue weighted by Crippen LogP contribution is 2.30. The fraction of sp³-hybridized carbons (Fsp3) is 0.400. The van der Waals surface area contributed by atoms with E-state index in [1.165, 1.54) is 22.0 Å². The lowest BCUT2D eigenvalue weighted by Gasteiger charge is -2.22. The van der Waals surface area contributed by atoms with Crippen molar-refractivity contribution in [2.45, 2.75) is 46.6 Å². The number of hydrogen-bond acceptors (Lipinski definition) is 2. The van der Waals surface area contributed by atoms with Gasteiger partial charge in [0, 0.05) is 11.8 Å². The Kier molecular flexibility index (Phi) is 5.49. The molecular formula is C20H28NOP. The maximum atomic E-state index is 10.5. The van der Waals surface area contributed by atoms with Crippen LogP contribution in [0.5, 0.6) is 5.75 Å². The van der Waals surface area contributed by atoms with E-state index in [1.807, 2.05) is 14.0 Å². The van der Waals surface area contributed by atoms with E-state index >= 15 is 0 Å². The van der Waals surface area contributed by atoms with Gasteiger partial charge in [0.05, 0.1) is 0 Å². The number of rotatable bonds is 4. The molecule has 0 spiro atoms. The molecule has 2 N–H and O–H groups in total. The third kappa shape index (κ3) is 4.34. The summed E-state index contributed by atoms with van der Waals surface area (Å²) >= 11 is 0. The molecule has 0 heterocycles.